The minimum absolute atomic E-state index is 0.0669. The van der Waals surface area contributed by atoms with Crippen LogP contribution in [0.1, 0.15) is 11.3 Å². The molecule has 0 fully saturated rings. The van der Waals surface area contributed by atoms with E-state index in [1.165, 1.54) is 12.1 Å². The molecular formula is C16H13N3O2. The fourth-order valence-electron chi connectivity index (χ4n) is 2.26. The summed E-state index contributed by atoms with van der Waals surface area (Å²) in [5.74, 6) is 0. The zero-order valence-corrected chi connectivity index (χ0v) is 11.4. The van der Waals surface area contributed by atoms with Gasteiger partial charge in [0.05, 0.1) is 10.6 Å². The first-order valence-corrected chi connectivity index (χ1v) is 6.51. The molecule has 21 heavy (non-hydrogen) atoms. The van der Waals surface area contributed by atoms with Crippen LogP contribution in [0, 0.1) is 17.0 Å². The van der Waals surface area contributed by atoms with Crippen molar-refractivity contribution in [2.24, 2.45) is 4.99 Å². The molecule has 0 aliphatic rings. The summed E-state index contributed by atoms with van der Waals surface area (Å²) in [4.78, 5) is 17.9. The predicted octanol–water partition coefficient (Wildman–Crippen LogP) is 4.14. The molecule has 0 aliphatic carbocycles. The number of nitro benzene ring substituents is 1. The van der Waals surface area contributed by atoms with Gasteiger partial charge in [-0.3, -0.25) is 15.1 Å². The second-order valence-corrected chi connectivity index (χ2v) is 4.74. The lowest BCUT2D eigenvalue weighted by Crippen LogP contribution is -1.86. The van der Waals surface area contributed by atoms with Gasteiger partial charge in [0, 0.05) is 40.5 Å². The molecule has 104 valence electrons. The molecule has 1 N–H and O–H groups in total. The molecule has 1 aromatic heterocycles. The summed E-state index contributed by atoms with van der Waals surface area (Å²) in [6.07, 6.45) is 1.79. The number of hydrogen-bond donors (Lipinski definition) is 1. The summed E-state index contributed by atoms with van der Waals surface area (Å²) in [6.45, 7) is 2.00. The quantitative estimate of drug-likeness (QED) is 0.444. The average Bonchev–Trinajstić information content (AvgIpc) is 2.81. The summed E-state index contributed by atoms with van der Waals surface area (Å²) in [6, 6.07) is 14.2. The summed E-state index contributed by atoms with van der Waals surface area (Å²) in [7, 11) is 0. The van der Waals surface area contributed by atoms with Crippen LogP contribution in [0.5, 0.6) is 0 Å². The molecule has 0 aliphatic heterocycles. The number of aryl methyl sites for hydroxylation is 1. The maximum Gasteiger partial charge on any atom is 0.269 e. The SMILES string of the molecule is Cc1[nH]c2ccccc2c1C=Nc1ccc([N+](=O)[O-])cc1. The van der Waals surface area contributed by atoms with E-state index in [1.54, 1.807) is 18.3 Å². The highest BCUT2D eigenvalue weighted by Gasteiger charge is 2.06. The molecule has 0 saturated carbocycles. The van der Waals surface area contributed by atoms with Crippen LogP contribution in [0.15, 0.2) is 53.5 Å². The number of nitrogens with one attached hydrogen (secondary N) is 1. The van der Waals surface area contributed by atoms with Gasteiger partial charge in [-0.2, -0.15) is 0 Å². The maximum absolute atomic E-state index is 10.6. The van der Waals surface area contributed by atoms with Crippen molar-refractivity contribution in [2.45, 2.75) is 6.92 Å². The molecule has 5 nitrogen and oxygen atoms in total. The van der Waals surface area contributed by atoms with Gasteiger partial charge in [0.15, 0.2) is 0 Å². The summed E-state index contributed by atoms with van der Waals surface area (Å²) in [5, 5.41) is 11.7. The van der Waals surface area contributed by atoms with E-state index in [2.05, 4.69) is 9.98 Å². The number of aliphatic imine (C=N–C) groups is 1. The average molecular weight is 279 g/mol. The van der Waals surface area contributed by atoms with Crippen LogP contribution in [0.4, 0.5) is 11.4 Å². The number of hydrogen-bond acceptors (Lipinski definition) is 3. The Morgan fingerprint density at radius 1 is 1.14 bits per heavy atom. The Morgan fingerprint density at radius 2 is 1.86 bits per heavy atom. The summed E-state index contributed by atoms with van der Waals surface area (Å²) < 4.78 is 0. The number of para-hydroxylation sites is 1. The van der Waals surface area contributed by atoms with Crippen LogP contribution >= 0.6 is 0 Å². The smallest absolute Gasteiger partial charge is 0.269 e. The second-order valence-electron chi connectivity index (χ2n) is 4.74. The van der Waals surface area contributed by atoms with Crippen molar-refractivity contribution in [2.75, 3.05) is 0 Å². The van der Waals surface area contributed by atoms with E-state index in [9.17, 15) is 10.1 Å². The number of fused-ring (bicyclic) bond motifs is 1. The third kappa shape index (κ3) is 2.53. The second kappa shape index (κ2) is 5.20. The summed E-state index contributed by atoms with van der Waals surface area (Å²) in [5.41, 5.74) is 3.90. The van der Waals surface area contributed by atoms with E-state index in [-0.39, 0.29) is 5.69 Å². The van der Waals surface area contributed by atoms with Crippen LogP contribution in [0.2, 0.25) is 0 Å². The monoisotopic (exact) mass is 279 g/mol. The molecule has 3 rings (SSSR count). The van der Waals surface area contributed by atoms with Gasteiger partial charge in [0.2, 0.25) is 0 Å². The van der Waals surface area contributed by atoms with Gasteiger partial charge in [0.1, 0.15) is 0 Å². The van der Waals surface area contributed by atoms with Gasteiger partial charge in [-0.25, -0.2) is 0 Å². The topological polar surface area (TPSA) is 71.3 Å². The number of rotatable bonds is 3. The fourth-order valence-corrected chi connectivity index (χ4v) is 2.26. The van der Waals surface area contributed by atoms with Gasteiger partial charge in [-0.15, -0.1) is 0 Å². The number of nitro groups is 1. The van der Waals surface area contributed by atoms with Crippen LogP contribution in [0.25, 0.3) is 10.9 Å². The standard InChI is InChI=1S/C16H13N3O2/c1-11-15(14-4-2-3-5-16(14)18-11)10-17-12-6-8-13(9-7-12)19(20)21/h2-10,18H,1H3. The highest BCUT2D eigenvalue weighted by atomic mass is 16.6. The highest BCUT2D eigenvalue weighted by molar-refractivity contribution is 6.01. The van der Waals surface area contributed by atoms with E-state index >= 15 is 0 Å². The van der Waals surface area contributed by atoms with Gasteiger partial charge in [0.25, 0.3) is 5.69 Å². The van der Waals surface area contributed by atoms with Crippen molar-refractivity contribution in [1.82, 2.24) is 4.98 Å². The van der Waals surface area contributed by atoms with Crippen LogP contribution in [-0.4, -0.2) is 16.1 Å². The Bertz CT molecular complexity index is 832. The highest BCUT2D eigenvalue weighted by Crippen LogP contribution is 2.22. The molecule has 0 spiro atoms. The van der Waals surface area contributed by atoms with Crippen molar-refractivity contribution < 1.29 is 4.92 Å². The molecule has 0 saturated heterocycles. The molecular weight excluding hydrogens is 266 g/mol. The first-order valence-electron chi connectivity index (χ1n) is 6.51. The Kier molecular flexibility index (Phi) is 3.23. The third-order valence-corrected chi connectivity index (χ3v) is 3.35. The first-order chi connectivity index (χ1) is 10.1. The fraction of sp³-hybridized carbons (Fsp3) is 0.0625. The van der Waals surface area contributed by atoms with Crippen LogP contribution in [0.3, 0.4) is 0 Å². The van der Waals surface area contributed by atoms with Crippen molar-refractivity contribution in [3.05, 3.63) is 69.9 Å². The lowest BCUT2D eigenvalue weighted by molar-refractivity contribution is -0.384. The molecule has 0 unspecified atom stereocenters. The molecule has 1 heterocycles. The normalized spacial score (nSPS) is 11.3. The Morgan fingerprint density at radius 3 is 2.57 bits per heavy atom. The molecule has 2 aromatic carbocycles. The van der Waals surface area contributed by atoms with E-state index < -0.39 is 4.92 Å². The zero-order valence-electron chi connectivity index (χ0n) is 11.4. The molecule has 5 heteroatoms. The Labute approximate surface area is 121 Å². The lowest BCUT2D eigenvalue weighted by atomic mass is 10.1. The van der Waals surface area contributed by atoms with Gasteiger partial charge in [-0.05, 0) is 25.1 Å². The van der Waals surface area contributed by atoms with Crippen molar-refractivity contribution in [3.8, 4) is 0 Å². The van der Waals surface area contributed by atoms with E-state index in [0.29, 0.717) is 5.69 Å². The minimum atomic E-state index is -0.419. The van der Waals surface area contributed by atoms with Gasteiger partial charge in [-0.1, -0.05) is 18.2 Å². The Hall–Kier alpha value is -2.95. The number of non-ortho nitro benzene ring substituents is 1. The maximum atomic E-state index is 10.6. The van der Waals surface area contributed by atoms with Gasteiger partial charge >= 0.3 is 0 Å². The largest absolute Gasteiger partial charge is 0.358 e. The van der Waals surface area contributed by atoms with Crippen molar-refractivity contribution in [3.63, 3.8) is 0 Å². The zero-order chi connectivity index (χ0) is 14.8. The predicted molar refractivity (Wildman–Crippen MR) is 83.4 cm³/mol. The van der Waals surface area contributed by atoms with Crippen LogP contribution < -0.4 is 0 Å². The molecule has 0 radical (unpaired) electrons. The van der Waals surface area contributed by atoms with E-state index in [1.807, 2.05) is 31.2 Å². The number of aromatic nitrogens is 1. The molecule has 3 aromatic rings. The van der Waals surface area contributed by atoms with Crippen molar-refractivity contribution >= 4 is 28.5 Å². The third-order valence-electron chi connectivity index (χ3n) is 3.35. The number of benzene rings is 2. The van der Waals surface area contributed by atoms with Gasteiger partial charge < -0.3 is 4.98 Å². The number of aromatic amines is 1. The van der Waals surface area contributed by atoms with Crippen molar-refractivity contribution in [1.29, 1.82) is 0 Å². The number of nitrogens with zero attached hydrogens (tertiary/aromatic N) is 2. The minimum Gasteiger partial charge on any atom is -0.358 e. The summed E-state index contributed by atoms with van der Waals surface area (Å²) >= 11 is 0. The molecule has 0 atom stereocenters. The lowest BCUT2D eigenvalue weighted by Gasteiger charge is -1.95. The van der Waals surface area contributed by atoms with E-state index in [0.717, 1.165) is 22.2 Å². The molecule has 0 amide bonds. The Balaban J connectivity index is 1.94. The number of H-pyrrole nitrogens is 1. The van der Waals surface area contributed by atoms with E-state index in [4.69, 9.17) is 0 Å². The molecule has 0 bridgehead atoms. The first kappa shape index (κ1) is 13.1. The van der Waals surface area contributed by atoms with Crippen LogP contribution in [-0.2, 0) is 0 Å².